The van der Waals surface area contributed by atoms with E-state index in [4.69, 9.17) is 0 Å². The zero-order valence-corrected chi connectivity index (χ0v) is 15.6. The van der Waals surface area contributed by atoms with E-state index in [1.807, 2.05) is 31.2 Å². The fourth-order valence-electron chi connectivity index (χ4n) is 3.04. The van der Waals surface area contributed by atoms with Crippen LogP contribution in [0.15, 0.2) is 59.4 Å². The van der Waals surface area contributed by atoms with Gasteiger partial charge in [-0.2, -0.15) is 10.2 Å². The number of H-pyrrole nitrogens is 1. The van der Waals surface area contributed by atoms with Crippen LogP contribution in [-0.4, -0.2) is 25.7 Å². The Labute approximate surface area is 165 Å². The van der Waals surface area contributed by atoms with Gasteiger partial charge in [-0.3, -0.25) is 9.59 Å². The third kappa shape index (κ3) is 3.91. The number of nitrogens with one attached hydrogen (secondary N) is 2. The first-order chi connectivity index (χ1) is 14.0. The molecule has 2 aromatic heterocycles. The Morgan fingerprint density at radius 3 is 2.69 bits per heavy atom. The molecule has 0 saturated carbocycles. The summed E-state index contributed by atoms with van der Waals surface area (Å²) in [6.45, 7) is 2.38. The second-order valence-electron chi connectivity index (χ2n) is 6.68. The highest BCUT2D eigenvalue weighted by molar-refractivity contribution is 5.78. The highest BCUT2D eigenvalue weighted by Crippen LogP contribution is 2.19. The van der Waals surface area contributed by atoms with Crippen molar-refractivity contribution in [2.45, 2.75) is 19.9 Å². The van der Waals surface area contributed by atoms with Crippen molar-refractivity contribution in [3.63, 3.8) is 0 Å². The van der Waals surface area contributed by atoms with Crippen LogP contribution in [0.2, 0.25) is 0 Å². The summed E-state index contributed by atoms with van der Waals surface area (Å²) in [5, 5.41) is 13.6. The third-order valence-electron chi connectivity index (χ3n) is 4.67. The molecular weight excluding hydrogens is 373 g/mol. The zero-order chi connectivity index (χ0) is 20.4. The molecular formula is C21H18FN5O2. The van der Waals surface area contributed by atoms with E-state index >= 15 is 0 Å². The number of aromatic amines is 1. The number of halogens is 1. The lowest BCUT2D eigenvalue weighted by Crippen LogP contribution is -2.27. The highest BCUT2D eigenvalue weighted by Gasteiger charge is 2.15. The van der Waals surface area contributed by atoms with E-state index < -0.39 is 5.56 Å². The summed E-state index contributed by atoms with van der Waals surface area (Å²) in [5.41, 5.74) is 3.11. The van der Waals surface area contributed by atoms with E-state index in [1.54, 1.807) is 18.2 Å². The second-order valence-corrected chi connectivity index (χ2v) is 6.68. The van der Waals surface area contributed by atoms with Gasteiger partial charge in [-0.15, -0.1) is 0 Å². The summed E-state index contributed by atoms with van der Waals surface area (Å²) in [5.74, 6) is -0.300. The van der Waals surface area contributed by atoms with Gasteiger partial charge in [0, 0.05) is 12.1 Å². The first-order valence-electron chi connectivity index (χ1n) is 9.06. The summed E-state index contributed by atoms with van der Waals surface area (Å²) in [7, 11) is 0. The summed E-state index contributed by atoms with van der Waals surface area (Å²) in [4.78, 5) is 24.5. The molecule has 2 N–H and O–H groups in total. The van der Waals surface area contributed by atoms with Crippen LogP contribution in [0.1, 0.15) is 17.0 Å². The number of hydrogen-bond acceptors (Lipinski definition) is 4. The van der Waals surface area contributed by atoms with Crippen LogP contribution in [0, 0.1) is 12.7 Å². The van der Waals surface area contributed by atoms with Crippen LogP contribution >= 0.6 is 0 Å². The maximum Gasteiger partial charge on any atom is 0.290 e. The molecule has 0 aliphatic carbocycles. The number of hydrogen-bond donors (Lipinski definition) is 2. The molecule has 4 rings (SSSR count). The Morgan fingerprint density at radius 2 is 1.93 bits per heavy atom. The van der Waals surface area contributed by atoms with E-state index in [9.17, 15) is 14.0 Å². The molecule has 0 spiro atoms. The predicted octanol–water partition coefficient (Wildman–Crippen LogP) is 2.39. The molecule has 0 saturated heterocycles. The number of aromatic nitrogens is 4. The number of rotatable bonds is 5. The Kier molecular flexibility index (Phi) is 4.90. The van der Waals surface area contributed by atoms with Gasteiger partial charge in [0.15, 0.2) is 5.82 Å². The van der Waals surface area contributed by atoms with Crippen molar-refractivity contribution in [3.05, 3.63) is 87.7 Å². The molecule has 4 aromatic rings. The van der Waals surface area contributed by atoms with Gasteiger partial charge in [0.1, 0.15) is 11.3 Å². The van der Waals surface area contributed by atoms with E-state index in [0.29, 0.717) is 23.6 Å². The lowest BCUT2D eigenvalue weighted by Gasteiger charge is -2.08. The van der Waals surface area contributed by atoms with Crippen LogP contribution in [0.5, 0.6) is 0 Å². The van der Waals surface area contributed by atoms with E-state index in [1.165, 1.54) is 16.6 Å². The zero-order valence-electron chi connectivity index (χ0n) is 15.6. The molecule has 0 radical (unpaired) electrons. The van der Waals surface area contributed by atoms with E-state index in [0.717, 1.165) is 11.1 Å². The Bertz CT molecular complexity index is 1240. The van der Waals surface area contributed by atoms with Crippen LogP contribution in [0.4, 0.5) is 4.39 Å². The van der Waals surface area contributed by atoms with Crippen molar-refractivity contribution in [3.8, 4) is 11.3 Å². The predicted molar refractivity (Wildman–Crippen MR) is 106 cm³/mol. The van der Waals surface area contributed by atoms with Crippen molar-refractivity contribution in [1.82, 2.24) is 25.1 Å². The van der Waals surface area contributed by atoms with Gasteiger partial charge in [0.25, 0.3) is 5.56 Å². The third-order valence-corrected chi connectivity index (χ3v) is 4.67. The van der Waals surface area contributed by atoms with Gasteiger partial charge in [-0.05, 0) is 48.4 Å². The van der Waals surface area contributed by atoms with Gasteiger partial charge < -0.3 is 5.32 Å². The maximum atomic E-state index is 13.2. The van der Waals surface area contributed by atoms with E-state index in [2.05, 4.69) is 20.6 Å². The number of fused-ring (bicyclic) bond motifs is 1. The Hall–Kier alpha value is -3.81. The monoisotopic (exact) mass is 391 g/mol. The molecule has 0 bridgehead atoms. The van der Waals surface area contributed by atoms with Gasteiger partial charge in [-0.25, -0.2) is 14.0 Å². The molecule has 0 aliphatic heterocycles. The van der Waals surface area contributed by atoms with Gasteiger partial charge in [-0.1, -0.05) is 24.3 Å². The first kappa shape index (κ1) is 18.5. The Balaban J connectivity index is 1.58. The lowest BCUT2D eigenvalue weighted by atomic mass is 10.1. The maximum absolute atomic E-state index is 13.2. The first-order valence-corrected chi connectivity index (χ1v) is 9.06. The van der Waals surface area contributed by atoms with Gasteiger partial charge >= 0.3 is 0 Å². The van der Waals surface area contributed by atoms with Crippen LogP contribution in [0.25, 0.3) is 16.8 Å². The summed E-state index contributed by atoms with van der Waals surface area (Å²) in [6.07, 6.45) is -0.0519. The van der Waals surface area contributed by atoms with Gasteiger partial charge in [0.05, 0.1) is 12.1 Å². The molecule has 29 heavy (non-hydrogen) atoms. The number of nitrogens with zero attached hydrogens (tertiary/aromatic N) is 3. The number of carbonyl (C=O) groups is 1. The molecule has 1 amide bonds. The van der Waals surface area contributed by atoms with Crippen LogP contribution in [-0.2, 0) is 17.8 Å². The van der Waals surface area contributed by atoms with Gasteiger partial charge in [0.2, 0.25) is 5.91 Å². The van der Waals surface area contributed by atoms with Crippen LogP contribution in [0.3, 0.4) is 0 Å². The minimum absolute atomic E-state index is 0.0519. The molecule has 0 aliphatic rings. The summed E-state index contributed by atoms with van der Waals surface area (Å²) >= 11 is 0. The molecule has 2 heterocycles. The topological polar surface area (TPSA) is 92.1 Å². The standard InChI is InChI=1S/C21H18FN5O2/c1-13-4-2-3-5-15(13)12-23-20(28)11-19-24-25-21(29)18-10-17(26-27(18)19)14-6-8-16(22)9-7-14/h2-10H,11-12H2,1H3,(H,23,28)(H,25,29). The fourth-order valence-corrected chi connectivity index (χ4v) is 3.04. The quantitative estimate of drug-likeness (QED) is 0.546. The number of benzene rings is 2. The molecule has 0 atom stereocenters. The smallest absolute Gasteiger partial charge is 0.290 e. The normalized spacial score (nSPS) is 11.0. The van der Waals surface area contributed by atoms with Crippen molar-refractivity contribution < 1.29 is 9.18 Å². The lowest BCUT2D eigenvalue weighted by molar-refractivity contribution is -0.120. The van der Waals surface area contributed by atoms with Crippen molar-refractivity contribution in [2.75, 3.05) is 0 Å². The minimum atomic E-state index is -0.421. The molecule has 7 nitrogen and oxygen atoms in total. The molecule has 0 unspecified atom stereocenters. The number of carbonyl (C=O) groups excluding carboxylic acids is 1. The highest BCUT2D eigenvalue weighted by atomic mass is 19.1. The summed E-state index contributed by atoms with van der Waals surface area (Å²) < 4.78 is 14.5. The largest absolute Gasteiger partial charge is 0.352 e. The molecule has 2 aromatic carbocycles. The minimum Gasteiger partial charge on any atom is -0.352 e. The number of aryl methyl sites for hydroxylation is 1. The SMILES string of the molecule is Cc1ccccc1CNC(=O)Cc1n[nH]c(=O)c2cc(-c3ccc(F)cc3)nn12. The molecule has 0 fully saturated rings. The van der Waals surface area contributed by atoms with Crippen molar-refractivity contribution in [2.24, 2.45) is 0 Å². The average molecular weight is 391 g/mol. The Morgan fingerprint density at radius 1 is 1.17 bits per heavy atom. The molecule has 8 heteroatoms. The van der Waals surface area contributed by atoms with Crippen molar-refractivity contribution >= 4 is 11.4 Å². The van der Waals surface area contributed by atoms with E-state index in [-0.39, 0.29) is 23.7 Å². The van der Waals surface area contributed by atoms with Crippen LogP contribution < -0.4 is 10.9 Å². The fraction of sp³-hybridized carbons (Fsp3) is 0.143. The molecule has 146 valence electrons. The number of amides is 1. The van der Waals surface area contributed by atoms with Crippen molar-refractivity contribution in [1.29, 1.82) is 0 Å². The summed E-state index contributed by atoms with van der Waals surface area (Å²) in [6, 6.07) is 15.2. The average Bonchev–Trinajstić information content (AvgIpc) is 3.17. The second kappa shape index (κ2) is 7.67.